The Hall–Kier alpha value is -3.27. The van der Waals surface area contributed by atoms with Gasteiger partial charge in [-0.1, -0.05) is 12.1 Å². The molecule has 0 heterocycles. The molecule has 0 saturated heterocycles. The summed E-state index contributed by atoms with van der Waals surface area (Å²) >= 11 is 2.27. The van der Waals surface area contributed by atoms with Crippen LogP contribution in [0.2, 0.25) is 0 Å². The number of carbonyl (C=O) groups is 1. The summed E-state index contributed by atoms with van der Waals surface area (Å²) in [4.78, 5) is 12.4. The number of amides is 1. The third-order valence-electron chi connectivity index (χ3n) is 4.49. The van der Waals surface area contributed by atoms with Crippen molar-refractivity contribution in [2.24, 2.45) is 5.10 Å². The van der Waals surface area contributed by atoms with Crippen molar-refractivity contribution in [3.8, 4) is 23.0 Å². The van der Waals surface area contributed by atoms with E-state index in [0.717, 1.165) is 11.1 Å². The van der Waals surface area contributed by atoms with Gasteiger partial charge in [-0.25, -0.2) is 5.43 Å². The Morgan fingerprint density at radius 3 is 2.22 bits per heavy atom. The van der Waals surface area contributed by atoms with E-state index in [2.05, 4.69) is 33.1 Å². The Bertz CT molecular complexity index is 1080. The molecule has 0 radical (unpaired) electrons. The monoisotopic (exact) mass is 546 g/mol. The summed E-state index contributed by atoms with van der Waals surface area (Å²) in [5, 5.41) is 4.03. The molecule has 166 valence electrons. The number of rotatable bonds is 9. The second-order valence-corrected chi connectivity index (χ2v) is 7.87. The van der Waals surface area contributed by atoms with Gasteiger partial charge in [0.15, 0.2) is 11.5 Å². The molecule has 0 spiro atoms. The molecule has 0 aromatic heterocycles. The zero-order valence-electron chi connectivity index (χ0n) is 17.9. The van der Waals surface area contributed by atoms with Crippen LogP contribution in [0.4, 0.5) is 0 Å². The molecule has 0 unspecified atom stereocenters. The molecule has 0 bridgehead atoms. The molecule has 0 aliphatic rings. The van der Waals surface area contributed by atoms with Gasteiger partial charge in [0.1, 0.15) is 18.1 Å². The van der Waals surface area contributed by atoms with E-state index in [4.69, 9.17) is 18.9 Å². The van der Waals surface area contributed by atoms with E-state index in [1.807, 2.05) is 36.4 Å². The van der Waals surface area contributed by atoms with Gasteiger partial charge in [0.05, 0.1) is 27.5 Å². The van der Waals surface area contributed by atoms with Crippen LogP contribution in [0, 0.1) is 3.57 Å². The van der Waals surface area contributed by atoms with E-state index in [1.165, 1.54) is 24.0 Å². The average Bonchev–Trinajstić information content (AvgIpc) is 2.83. The second kappa shape index (κ2) is 11.4. The fourth-order valence-corrected chi connectivity index (χ4v) is 3.15. The molecule has 1 amide bonds. The first-order valence-electron chi connectivity index (χ1n) is 9.64. The number of hydrogen-bond donors (Lipinski definition) is 1. The Balaban J connectivity index is 1.64. The van der Waals surface area contributed by atoms with Crippen molar-refractivity contribution < 1.29 is 23.7 Å². The maximum absolute atomic E-state index is 12.4. The van der Waals surface area contributed by atoms with Gasteiger partial charge in [-0.05, 0) is 76.2 Å². The van der Waals surface area contributed by atoms with Gasteiger partial charge in [-0.3, -0.25) is 4.79 Å². The summed E-state index contributed by atoms with van der Waals surface area (Å²) in [6.45, 7) is 0.431. The van der Waals surface area contributed by atoms with E-state index in [9.17, 15) is 4.79 Å². The summed E-state index contributed by atoms with van der Waals surface area (Å²) in [7, 11) is 4.62. The molecule has 0 saturated carbocycles. The minimum Gasteiger partial charge on any atom is -0.497 e. The quantitative estimate of drug-likeness (QED) is 0.240. The highest BCUT2D eigenvalue weighted by molar-refractivity contribution is 14.1. The van der Waals surface area contributed by atoms with Crippen LogP contribution in [0.15, 0.2) is 65.8 Å². The lowest BCUT2D eigenvalue weighted by Crippen LogP contribution is -2.17. The Kier molecular flexibility index (Phi) is 8.32. The van der Waals surface area contributed by atoms with Crippen LogP contribution in [0.1, 0.15) is 21.5 Å². The van der Waals surface area contributed by atoms with Crippen molar-refractivity contribution in [2.45, 2.75) is 6.61 Å². The number of methoxy groups -OCH3 is 3. The summed E-state index contributed by atoms with van der Waals surface area (Å²) in [6.07, 6.45) is 1.53. The van der Waals surface area contributed by atoms with Crippen molar-refractivity contribution in [2.75, 3.05) is 21.3 Å². The van der Waals surface area contributed by atoms with Gasteiger partial charge >= 0.3 is 0 Å². The minimum atomic E-state index is -0.386. The van der Waals surface area contributed by atoms with Crippen LogP contribution in [0.5, 0.6) is 23.0 Å². The van der Waals surface area contributed by atoms with Gasteiger partial charge < -0.3 is 18.9 Å². The maximum Gasteiger partial charge on any atom is 0.271 e. The van der Waals surface area contributed by atoms with E-state index in [0.29, 0.717) is 35.2 Å². The molecule has 32 heavy (non-hydrogen) atoms. The van der Waals surface area contributed by atoms with Crippen molar-refractivity contribution in [3.05, 3.63) is 80.9 Å². The van der Waals surface area contributed by atoms with Crippen LogP contribution in [0.25, 0.3) is 0 Å². The van der Waals surface area contributed by atoms with Gasteiger partial charge in [-0.2, -0.15) is 5.10 Å². The molecule has 0 atom stereocenters. The summed E-state index contributed by atoms with van der Waals surface area (Å²) in [5.74, 6) is 1.84. The van der Waals surface area contributed by atoms with E-state index in [1.54, 1.807) is 31.4 Å². The molecular formula is C24H23IN2O5. The number of carbonyl (C=O) groups excluding carboxylic acids is 1. The fourth-order valence-electron chi connectivity index (χ4n) is 2.79. The summed E-state index contributed by atoms with van der Waals surface area (Å²) in [6, 6.07) is 18.4. The first-order valence-corrected chi connectivity index (χ1v) is 10.7. The minimum absolute atomic E-state index is 0.371. The number of nitrogens with zero attached hydrogens (tertiary/aromatic N) is 1. The van der Waals surface area contributed by atoms with Crippen LogP contribution in [-0.4, -0.2) is 33.5 Å². The number of halogens is 1. The normalized spacial score (nSPS) is 10.6. The topological polar surface area (TPSA) is 78.4 Å². The van der Waals surface area contributed by atoms with Crippen molar-refractivity contribution in [3.63, 3.8) is 0 Å². The van der Waals surface area contributed by atoms with Crippen molar-refractivity contribution in [1.29, 1.82) is 0 Å². The first kappa shape index (κ1) is 23.4. The third kappa shape index (κ3) is 6.36. The number of nitrogens with one attached hydrogen (secondary N) is 1. The van der Waals surface area contributed by atoms with Crippen molar-refractivity contribution >= 4 is 34.7 Å². The van der Waals surface area contributed by atoms with Gasteiger partial charge in [0.25, 0.3) is 5.91 Å². The van der Waals surface area contributed by atoms with E-state index >= 15 is 0 Å². The molecule has 0 aliphatic heterocycles. The van der Waals surface area contributed by atoms with E-state index < -0.39 is 0 Å². The van der Waals surface area contributed by atoms with E-state index in [-0.39, 0.29) is 5.91 Å². The van der Waals surface area contributed by atoms with Crippen LogP contribution in [0.3, 0.4) is 0 Å². The lowest BCUT2D eigenvalue weighted by atomic mass is 10.2. The van der Waals surface area contributed by atoms with Gasteiger partial charge in [0, 0.05) is 15.2 Å². The van der Waals surface area contributed by atoms with Gasteiger partial charge in [0.2, 0.25) is 0 Å². The molecular weight excluding hydrogens is 523 g/mol. The van der Waals surface area contributed by atoms with Crippen LogP contribution in [-0.2, 0) is 6.61 Å². The van der Waals surface area contributed by atoms with Crippen LogP contribution < -0.4 is 24.4 Å². The second-order valence-electron chi connectivity index (χ2n) is 6.63. The average molecular weight is 546 g/mol. The standard InChI is InChI=1S/C24H23IN2O5/c1-29-20-11-18(12-21(13-20)30-2)24(28)27-26-14-17-6-9-22(23(10-17)31-3)32-15-16-4-7-19(25)8-5-16/h4-14H,15H2,1-3H3,(H,27,28)/b26-14-. The van der Waals surface area contributed by atoms with Crippen molar-refractivity contribution in [1.82, 2.24) is 5.43 Å². The first-order chi connectivity index (χ1) is 15.5. The SMILES string of the molecule is COc1cc(OC)cc(C(=O)N/N=C\c2ccc(OCc3ccc(I)cc3)c(OC)c2)c1. The third-order valence-corrected chi connectivity index (χ3v) is 5.21. The molecule has 1 N–H and O–H groups in total. The molecule has 0 aliphatic carbocycles. The van der Waals surface area contributed by atoms with Crippen LogP contribution >= 0.6 is 22.6 Å². The maximum atomic E-state index is 12.4. The number of hydrazone groups is 1. The highest BCUT2D eigenvalue weighted by Gasteiger charge is 2.10. The number of hydrogen-bond acceptors (Lipinski definition) is 6. The molecule has 0 fully saturated rings. The largest absolute Gasteiger partial charge is 0.497 e. The molecule has 3 rings (SSSR count). The predicted molar refractivity (Wildman–Crippen MR) is 131 cm³/mol. The molecule has 3 aromatic carbocycles. The Labute approximate surface area is 200 Å². The number of benzene rings is 3. The molecule has 3 aromatic rings. The lowest BCUT2D eigenvalue weighted by molar-refractivity contribution is 0.0954. The highest BCUT2D eigenvalue weighted by Crippen LogP contribution is 2.28. The number of ether oxygens (including phenoxy) is 4. The smallest absolute Gasteiger partial charge is 0.271 e. The lowest BCUT2D eigenvalue weighted by Gasteiger charge is -2.11. The highest BCUT2D eigenvalue weighted by atomic mass is 127. The fraction of sp³-hybridized carbons (Fsp3) is 0.167. The molecule has 8 heteroatoms. The summed E-state index contributed by atoms with van der Waals surface area (Å²) < 4.78 is 22.9. The zero-order chi connectivity index (χ0) is 22.9. The summed E-state index contributed by atoms with van der Waals surface area (Å²) in [5.41, 5.74) is 4.68. The predicted octanol–water partition coefficient (Wildman–Crippen LogP) is 4.66. The Morgan fingerprint density at radius 1 is 0.906 bits per heavy atom. The van der Waals surface area contributed by atoms with Gasteiger partial charge in [-0.15, -0.1) is 0 Å². The zero-order valence-corrected chi connectivity index (χ0v) is 20.1. The Morgan fingerprint density at radius 2 is 1.59 bits per heavy atom. The molecule has 7 nitrogen and oxygen atoms in total.